The number of sulfone groups is 1. The van der Waals surface area contributed by atoms with Gasteiger partial charge in [-0.3, -0.25) is 9.88 Å². The molecule has 1 atom stereocenters. The van der Waals surface area contributed by atoms with E-state index >= 15 is 0 Å². The van der Waals surface area contributed by atoms with Crippen LogP contribution >= 0.6 is 0 Å². The molecule has 2 fully saturated rings. The van der Waals surface area contributed by atoms with Crippen molar-refractivity contribution in [2.75, 3.05) is 52.5 Å². The number of pyridine rings is 1. The molecule has 2 saturated heterocycles. The van der Waals surface area contributed by atoms with E-state index in [1.807, 2.05) is 6.07 Å². The van der Waals surface area contributed by atoms with Crippen molar-refractivity contribution >= 4 is 26.4 Å². The first-order valence-electron chi connectivity index (χ1n) is 13.0. The first-order chi connectivity index (χ1) is 18.4. The number of benzene rings is 2. The second-order valence-corrected chi connectivity index (χ2v) is 11.7. The van der Waals surface area contributed by atoms with Crippen LogP contribution in [0.1, 0.15) is 25.7 Å². The molecule has 2 aliphatic heterocycles. The Morgan fingerprint density at radius 2 is 1.63 bits per heavy atom. The zero-order valence-electron chi connectivity index (χ0n) is 22.1. The minimum Gasteiger partial charge on any atom is -0.497 e. The highest BCUT2D eigenvalue weighted by Crippen LogP contribution is 2.42. The van der Waals surface area contributed by atoms with Crippen molar-refractivity contribution in [1.82, 2.24) is 9.88 Å². The summed E-state index contributed by atoms with van der Waals surface area (Å²) in [6, 6.07) is 10.6. The zero-order chi connectivity index (χ0) is 26.9. The number of aliphatic hydroxyl groups is 1. The molecule has 0 spiro atoms. The summed E-state index contributed by atoms with van der Waals surface area (Å²) in [5.41, 5.74) is 1.26. The number of piperidine rings is 1. The second-order valence-electron chi connectivity index (χ2n) is 9.81. The molecule has 2 aromatic carbocycles. The number of methoxy groups -OCH3 is 3. The average molecular weight is 542 g/mol. The van der Waals surface area contributed by atoms with Gasteiger partial charge in [0.15, 0.2) is 11.5 Å². The number of anilines is 1. The molecule has 38 heavy (non-hydrogen) atoms. The third-order valence-corrected chi connectivity index (χ3v) is 9.62. The number of likely N-dealkylation sites (tertiary alicyclic amines) is 1. The van der Waals surface area contributed by atoms with Gasteiger partial charge in [-0.1, -0.05) is 0 Å². The topological polar surface area (TPSA) is 101 Å². The monoisotopic (exact) mass is 541 g/mol. The number of nitrogens with zero attached hydrogens (tertiary/aromatic N) is 3. The predicted molar refractivity (Wildman–Crippen MR) is 145 cm³/mol. The van der Waals surface area contributed by atoms with Crippen molar-refractivity contribution in [3.8, 4) is 17.2 Å². The van der Waals surface area contributed by atoms with Crippen molar-refractivity contribution in [3.63, 3.8) is 0 Å². The third kappa shape index (κ3) is 4.76. The fourth-order valence-electron chi connectivity index (χ4n) is 5.85. The van der Waals surface area contributed by atoms with Gasteiger partial charge < -0.3 is 24.2 Å². The summed E-state index contributed by atoms with van der Waals surface area (Å²) < 4.78 is 44.2. The van der Waals surface area contributed by atoms with Crippen LogP contribution in [0.4, 0.5) is 5.69 Å². The van der Waals surface area contributed by atoms with E-state index in [2.05, 4.69) is 14.8 Å². The third-order valence-electron chi connectivity index (χ3n) is 7.85. The molecule has 0 bridgehead atoms. The standard InChI is InChI=1S/C28H35N3O6S/c1-35-21-6-8-22(9-7-21)38(33,34)27-17-29-24-16-26(37-3)25(36-2)15-23(24)28(27)30-13-10-19(11-14-30)31-12-4-5-20(31)18-32/h6-9,15-17,19-20,32H,4-5,10-14,18H2,1-3H3. The lowest BCUT2D eigenvalue weighted by molar-refractivity contribution is 0.105. The summed E-state index contributed by atoms with van der Waals surface area (Å²) in [6.45, 7) is 2.57. The number of aromatic nitrogens is 1. The maximum atomic E-state index is 14.0. The van der Waals surface area contributed by atoms with E-state index in [-0.39, 0.29) is 22.4 Å². The Hall–Kier alpha value is -3.08. The van der Waals surface area contributed by atoms with Gasteiger partial charge in [0.05, 0.1) is 44.0 Å². The van der Waals surface area contributed by atoms with E-state index in [1.54, 1.807) is 51.7 Å². The molecule has 1 aromatic heterocycles. The van der Waals surface area contributed by atoms with Gasteiger partial charge in [0.25, 0.3) is 0 Å². The smallest absolute Gasteiger partial charge is 0.210 e. The Bertz CT molecular complexity index is 1390. The minimum absolute atomic E-state index is 0.162. The largest absolute Gasteiger partial charge is 0.497 e. The van der Waals surface area contributed by atoms with Crippen LogP contribution < -0.4 is 19.1 Å². The molecule has 0 saturated carbocycles. The van der Waals surface area contributed by atoms with Gasteiger partial charge in [-0.25, -0.2) is 8.42 Å². The number of aliphatic hydroxyl groups excluding tert-OH is 1. The van der Waals surface area contributed by atoms with Gasteiger partial charge in [-0.2, -0.15) is 0 Å². The molecule has 204 valence electrons. The van der Waals surface area contributed by atoms with Crippen LogP contribution in [0, 0.1) is 0 Å². The highest BCUT2D eigenvalue weighted by atomic mass is 32.2. The van der Waals surface area contributed by atoms with Crippen LogP contribution in [-0.4, -0.2) is 83.1 Å². The van der Waals surface area contributed by atoms with Gasteiger partial charge in [-0.05, 0) is 62.6 Å². The van der Waals surface area contributed by atoms with Crippen molar-refractivity contribution in [3.05, 3.63) is 42.6 Å². The Labute approximate surface area is 223 Å². The molecule has 0 amide bonds. The molecule has 3 aromatic rings. The Balaban J connectivity index is 1.59. The summed E-state index contributed by atoms with van der Waals surface area (Å²) in [4.78, 5) is 9.48. The molecule has 2 aliphatic rings. The van der Waals surface area contributed by atoms with Crippen LogP contribution in [0.5, 0.6) is 17.2 Å². The normalized spacial score (nSPS) is 19.2. The Morgan fingerprint density at radius 1 is 0.947 bits per heavy atom. The van der Waals surface area contributed by atoms with Crippen molar-refractivity contribution < 1.29 is 27.7 Å². The fraction of sp³-hybridized carbons (Fsp3) is 0.464. The molecule has 9 nitrogen and oxygen atoms in total. The van der Waals surface area contributed by atoms with Crippen LogP contribution in [0.15, 0.2) is 52.4 Å². The molecular weight excluding hydrogens is 506 g/mol. The summed E-state index contributed by atoms with van der Waals surface area (Å²) in [7, 11) is 0.788. The molecule has 3 heterocycles. The van der Waals surface area contributed by atoms with E-state index in [1.165, 1.54) is 6.20 Å². The lowest BCUT2D eigenvalue weighted by Gasteiger charge is -2.40. The lowest BCUT2D eigenvalue weighted by atomic mass is 10.0. The van der Waals surface area contributed by atoms with E-state index in [9.17, 15) is 13.5 Å². The van der Waals surface area contributed by atoms with Gasteiger partial charge in [-0.15, -0.1) is 0 Å². The van der Waals surface area contributed by atoms with Gasteiger partial charge in [0, 0.05) is 42.8 Å². The quantitative estimate of drug-likeness (QED) is 0.459. The van der Waals surface area contributed by atoms with Crippen molar-refractivity contribution in [1.29, 1.82) is 0 Å². The summed E-state index contributed by atoms with van der Waals surface area (Å²) in [5.74, 6) is 1.63. The van der Waals surface area contributed by atoms with Crippen LogP contribution in [-0.2, 0) is 9.84 Å². The fourth-order valence-corrected chi connectivity index (χ4v) is 7.28. The summed E-state index contributed by atoms with van der Waals surface area (Å²) >= 11 is 0. The summed E-state index contributed by atoms with van der Waals surface area (Å²) in [6.07, 6.45) is 5.35. The zero-order valence-corrected chi connectivity index (χ0v) is 22.9. The predicted octanol–water partition coefficient (Wildman–Crippen LogP) is 3.52. The van der Waals surface area contributed by atoms with E-state index in [0.717, 1.165) is 32.2 Å². The molecular formula is C28H35N3O6S. The van der Waals surface area contributed by atoms with Gasteiger partial charge >= 0.3 is 0 Å². The maximum absolute atomic E-state index is 14.0. The first-order valence-corrected chi connectivity index (χ1v) is 14.4. The highest BCUT2D eigenvalue weighted by molar-refractivity contribution is 7.91. The molecule has 1 unspecified atom stereocenters. The van der Waals surface area contributed by atoms with Crippen LogP contribution in [0.2, 0.25) is 0 Å². The van der Waals surface area contributed by atoms with Crippen LogP contribution in [0.25, 0.3) is 10.9 Å². The average Bonchev–Trinajstić information content (AvgIpc) is 3.45. The molecule has 0 radical (unpaired) electrons. The molecule has 5 rings (SSSR count). The molecule has 1 N–H and O–H groups in total. The first kappa shape index (κ1) is 26.5. The number of hydrogen-bond donors (Lipinski definition) is 1. The van der Waals surface area contributed by atoms with Gasteiger partial charge in [0.2, 0.25) is 9.84 Å². The van der Waals surface area contributed by atoms with Crippen molar-refractivity contribution in [2.24, 2.45) is 0 Å². The Morgan fingerprint density at radius 3 is 2.26 bits per heavy atom. The number of ether oxygens (including phenoxy) is 3. The summed E-state index contributed by atoms with van der Waals surface area (Å²) in [5, 5.41) is 10.5. The minimum atomic E-state index is -3.89. The van der Waals surface area contributed by atoms with E-state index < -0.39 is 9.84 Å². The second kappa shape index (κ2) is 11.0. The van der Waals surface area contributed by atoms with E-state index in [4.69, 9.17) is 14.2 Å². The SMILES string of the molecule is COc1ccc(S(=O)(=O)c2cnc3cc(OC)c(OC)cc3c2N2CCC(N3CCCC3CO)CC2)cc1. The molecule has 10 heteroatoms. The number of fused-ring (bicyclic) bond motifs is 1. The number of rotatable bonds is 8. The van der Waals surface area contributed by atoms with Gasteiger partial charge in [0.1, 0.15) is 10.6 Å². The highest BCUT2D eigenvalue weighted by Gasteiger charge is 2.35. The lowest BCUT2D eigenvalue weighted by Crippen LogP contribution is -2.48. The van der Waals surface area contributed by atoms with E-state index in [0.29, 0.717) is 53.0 Å². The maximum Gasteiger partial charge on any atom is 0.210 e. The van der Waals surface area contributed by atoms with Crippen LogP contribution in [0.3, 0.4) is 0 Å². The molecule has 0 aliphatic carbocycles. The Kier molecular flexibility index (Phi) is 7.65. The van der Waals surface area contributed by atoms with Crippen molar-refractivity contribution in [2.45, 2.75) is 47.6 Å². The number of hydrogen-bond acceptors (Lipinski definition) is 9.